The Kier molecular flexibility index (Phi) is 6.69. The lowest BCUT2D eigenvalue weighted by Gasteiger charge is -2.37. The zero-order valence-electron chi connectivity index (χ0n) is 17.2. The summed E-state index contributed by atoms with van der Waals surface area (Å²) in [6, 6.07) is 14.3. The molecule has 2 aromatic carbocycles. The summed E-state index contributed by atoms with van der Waals surface area (Å²) < 4.78 is 13.1. The van der Waals surface area contributed by atoms with E-state index in [9.17, 15) is 9.18 Å². The quantitative estimate of drug-likeness (QED) is 0.636. The molecule has 1 amide bonds. The Morgan fingerprint density at radius 2 is 1.66 bits per heavy atom. The summed E-state index contributed by atoms with van der Waals surface area (Å²) in [4.78, 5) is 22.4. The number of rotatable bonds is 4. The first kappa shape index (κ1) is 20.6. The second-order valence-electron chi connectivity index (χ2n) is 7.25. The second kappa shape index (κ2) is 9.41. The lowest BCUT2D eigenvalue weighted by molar-refractivity contribution is 0.0827. The summed E-state index contributed by atoms with van der Waals surface area (Å²) in [5, 5.41) is 3.40. The maximum Gasteiger partial charge on any atom is 0.253 e. The molecule has 0 aromatic heterocycles. The number of hydrogen-bond donors (Lipinski definition) is 1. The molecule has 1 saturated heterocycles. The number of anilines is 1. The van der Waals surface area contributed by atoms with Gasteiger partial charge in [-0.2, -0.15) is 0 Å². The van der Waals surface area contributed by atoms with E-state index in [2.05, 4.69) is 20.1 Å². The van der Waals surface area contributed by atoms with Crippen LogP contribution in [0.1, 0.15) is 15.9 Å². The molecule has 0 saturated carbocycles. The average molecular weight is 397 g/mol. The molecule has 0 spiro atoms. The van der Waals surface area contributed by atoms with Gasteiger partial charge in [0.1, 0.15) is 5.82 Å². The summed E-state index contributed by atoms with van der Waals surface area (Å²) >= 11 is 0. The standard InChI is InChI=1S/C22H28FN5O/c1-24-22(25-16-17-4-6-18(7-5-17)21(29)26(2)3)28-14-12-27(13-15-28)20-10-8-19(23)9-11-20/h4-11H,12-16H2,1-3H3,(H,24,25). The fourth-order valence-corrected chi connectivity index (χ4v) is 3.37. The van der Waals surface area contributed by atoms with Gasteiger partial charge in [-0.25, -0.2) is 4.39 Å². The molecule has 1 N–H and O–H groups in total. The monoisotopic (exact) mass is 397 g/mol. The highest BCUT2D eigenvalue weighted by Crippen LogP contribution is 2.17. The molecule has 6 nitrogen and oxygen atoms in total. The Hall–Kier alpha value is -3.09. The van der Waals surface area contributed by atoms with Gasteiger partial charge in [0.2, 0.25) is 0 Å². The third-order valence-electron chi connectivity index (χ3n) is 5.04. The van der Waals surface area contributed by atoms with Crippen LogP contribution in [-0.2, 0) is 6.54 Å². The Labute approximate surface area is 171 Å². The van der Waals surface area contributed by atoms with Crippen LogP contribution in [0.3, 0.4) is 0 Å². The number of guanidine groups is 1. The minimum absolute atomic E-state index is 0.000607. The number of benzene rings is 2. The van der Waals surface area contributed by atoms with Gasteiger partial charge in [-0.15, -0.1) is 0 Å². The molecule has 0 bridgehead atoms. The van der Waals surface area contributed by atoms with Crippen molar-refractivity contribution in [2.75, 3.05) is 52.2 Å². The molecule has 1 heterocycles. The first-order valence-corrected chi connectivity index (χ1v) is 9.74. The van der Waals surface area contributed by atoms with Gasteiger partial charge >= 0.3 is 0 Å². The Morgan fingerprint density at radius 3 is 2.21 bits per heavy atom. The zero-order chi connectivity index (χ0) is 20.8. The van der Waals surface area contributed by atoms with Gasteiger partial charge in [0.15, 0.2) is 5.96 Å². The fraction of sp³-hybridized carbons (Fsp3) is 0.364. The number of nitrogens with one attached hydrogen (secondary N) is 1. The molecule has 1 aliphatic heterocycles. The van der Waals surface area contributed by atoms with Crippen LogP contribution in [0.4, 0.5) is 10.1 Å². The van der Waals surface area contributed by atoms with Gasteiger partial charge in [0.05, 0.1) is 0 Å². The maximum absolute atomic E-state index is 13.1. The van der Waals surface area contributed by atoms with Crippen LogP contribution < -0.4 is 10.2 Å². The zero-order valence-corrected chi connectivity index (χ0v) is 17.2. The van der Waals surface area contributed by atoms with Crippen LogP contribution in [-0.4, -0.2) is 69.0 Å². The van der Waals surface area contributed by atoms with E-state index in [0.717, 1.165) is 43.4 Å². The normalized spacial score (nSPS) is 14.7. The van der Waals surface area contributed by atoms with Crippen molar-refractivity contribution in [3.8, 4) is 0 Å². The van der Waals surface area contributed by atoms with Crippen molar-refractivity contribution >= 4 is 17.6 Å². The molecular weight excluding hydrogens is 369 g/mol. The van der Waals surface area contributed by atoms with E-state index in [1.165, 1.54) is 12.1 Å². The van der Waals surface area contributed by atoms with Gasteiger partial charge in [0.25, 0.3) is 5.91 Å². The van der Waals surface area contributed by atoms with Gasteiger partial charge in [-0.3, -0.25) is 9.79 Å². The van der Waals surface area contributed by atoms with Crippen LogP contribution in [0.5, 0.6) is 0 Å². The largest absolute Gasteiger partial charge is 0.368 e. The van der Waals surface area contributed by atoms with E-state index < -0.39 is 0 Å². The van der Waals surface area contributed by atoms with Crippen molar-refractivity contribution in [2.45, 2.75) is 6.54 Å². The summed E-state index contributed by atoms with van der Waals surface area (Å²) in [5.74, 6) is 0.646. The molecule has 1 aliphatic rings. The lowest BCUT2D eigenvalue weighted by Crippen LogP contribution is -2.52. The molecule has 0 aliphatic carbocycles. The number of carbonyl (C=O) groups is 1. The van der Waals surface area contributed by atoms with Crippen LogP contribution in [0.15, 0.2) is 53.5 Å². The SMILES string of the molecule is CN=C(NCc1ccc(C(=O)N(C)C)cc1)N1CCN(c2ccc(F)cc2)CC1. The summed E-state index contributed by atoms with van der Waals surface area (Å²) in [6.07, 6.45) is 0. The van der Waals surface area contributed by atoms with Crippen LogP contribution in [0, 0.1) is 5.82 Å². The topological polar surface area (TPSA) is 51.2 Å². The molecule has 3 rings (SSSR count). The molecule has 7 heteroatoms. The minimum Gasteiger partial charge on any atom is -0.368 e. The van der Waals surface area contributed by atoms with E-state index in [1.807, 2.05) is 36.4 Å². The molecule has 0 atom stereocenters. The predicted molar refractivity (Wildman–Crippen MR) is 115 cm³/mol. The number of nitrogens with zero attached hydrogens (tertiary/aromatic N) is 4. The average Bonchev–Trinajstić information content (AvgIpc) is 2.75. The van der Waals surface area contributed by atoms with Gasteiger partial charge < -0.3 is 20.0 Å². The highest BCUT2D eigenvalue weighted by molar-refractivity contribution is 5.93. The van der Waals surface area contributed by atoms with E-state index in [4.69, 9.17) is 0 Å². The summed E-state index contributed by atoms with van der Waals surface area (Å²) in [7, 11) is 5.28. The van der Waals surface area contributed by atoms with E-state index in [-0.39, 0.29) is 11.7 Å². The van der Waals surface area contributed by atoms with Crippen LogP contribution in [0.25, 0.3) is 0 Å². The Bertz CT molecular complexity index is 841. The maximum atomic E-state index is 13.1. The van der Waals surface area contributed by atoms with Gasteiger partial charge in [-0.1, -0.05) is 12.1 Å². The van der Waals surface area contributed by atoms with Gasteiger partial charge in [0, 0.05) is 65.1 Å². The first-order chi connectivity index (χ1) is 14.0. The molecule has 2 aromatic rings. The van der Waals surface area contributed by atoms with Crippen molar-refractivity contribution in [3.05, 3.63) is 65.5 Å². The van der Waals surface area contributed by atoms with Crippen molar-refractivity contribution in [1.82, 2.24) is 15.1 Å². The third-order valence-corrected chi connectivity index (χ3v) is 5.04. The number of carbonyl (C=O) groups excluding carboxylic acids is 1. The molecule has 0 radical (unpaired) electrons. The van der Waals surface area contributed by atoms with Gasteiger partial charge in [-0.05, 0) is 42.0 Å². The molecule has 154 valence electrons. The molecule has 1 fully saturated rings. The number of halogens is 1. The number of amides is 1. The van der Waals surface area contributed by atoms with Crippen molar-refractivity contribution in [1.29, 1.82) is 0 Å². The fourth-order valence-electron chi connectivity index (χ4n) is 3.37. The highest BCUT2D eigenvalue weighted by atomic mass is 19.1. The second-order valence-corrected chi connectivity index (χ2v) is 7.25. The summed E-state index contributed by atoms with van der Waals surface area (Å²) in [6.45, 7) is 4.03. The number of aliphatic imine (C=N–C) groups is 1. The summed E-state index contributed by atoms with van der Waals surface area (Å²) in [5.41, 5.74) is 2.81. The van der Waals surface area contributed by atoms with Crippen molar-refractivity contribution in [2.24, 2.45) is 4.99 Å². The van der Waals surface area contributed by atoms with Crippen molar-refractivity contribution in [3.63, 3.8) is 0 Å². The van der Waals surface area contributed by atoms with Crippen LogP contribution in [0.2, 0.25) is 0 Å². The highest BCUT2D eigenvalue weighted by Gasteiger charge is 2.19. The first-order valence-electron chi connectivity index (χ1n) is 9.74. The smallest absolute Gasteiger partial charge is 0.253 e. The molecular formula is C22H28FN5O. The molecule has 0 unspecified atom stereocenters. The van der Waals surface area contributed by atoms with Crippen LogP contribution >= 0.6 is 0 Å². The minimum atomic E-state index is -0.212. The molecule has 29 heavy (non-hydrogen) atoms. The number of hydrogen-bond acceptors (Lipinski definition) is 3. The van der Waals surface area contributed by atoms with Crippen molar-refractivity contribution < 1.29 is 9.18 Å². The Morgan fingerprint density at radius 1 is 1.03 bits per heavy atom. The number of piperazine rings is 1. The van der Waals surface area contributed by atoms with E-state index in [1.54, 1.807) is 26.0 Å². The predicted octanol–water partition coefficient (Wildman–Crippen LogP) is 2.43. The Balaban J connectivity index is 1.52. The lowest BCUT2D eigenvalue weighted by atomic mass is 10.1. The third kappa shape index (κ3) is 5.25. The van der Waals surface area contributed by atoms with E-state index in [0.29, 0.717) is 12.1 Å². The van der Waals surface area contributed by atoms with E-state index >= 15 is 0 Å².